The van der Waals surface area contributed by atoms with Gasteiger partial charge in [0.15, 0.2) is 0 Å². The van der Waals surface area contributed by atoms with Crippen LogP contribution in [0.3, 0.4) is 0 Å². The number of hydrogen-bond acceptors (Lipinski definition) is 4. The normalized spacial score (nSPS) is 11.9. The van der Waals surface area contributed by atoms with Crippen molar-refractivity contribution in [3.8, 4) is 0 Å². The molecule has 5 heteroatoms. The Morgan fingerprint density at radius 1 is 1.42 bits per heavy atom. The smallest absolute Gasteiger partial charge is 0.237 e. The van der Waals surface area contributed by atoms with Crippen molar-refractivity contribution >= 4 is 23.4 Å². The summed E-state index contributed by atoms with van der Waals surface area (Å²) >= 11 is 1.71. The number of hydrogen-bond donors (Lipinski definition) is 2. The zero-order chi connectivity index (χ0) is 14.1. The third-order valence-corrected chi connectivity index (χ3v) is 3.56. The van der Waals surface area contributed by atoms with Crippen molar-refractivity contribution in [1.29, 1.82) is 0 Å². The second-order valence-electron chi connectivity index (χ2n) is 4.44. The summed E-state index contributed by atoms with van der Waals surface area (Å²) in [5, 5.41) is 2.88. The van der Waals surface area contributed by atoms with Crippen LogP contribution in [0.1, 0.15) is 6.42 Å². The third kappa shape index (κ3) is 5.98. The summed E-state index contributed by atoms with van der Waals surface area (Å²) in [5.74, 6) is 0.855. The van der Waals surface area contributed by atoms with Gasteiger partial charge in [-0.05, 0) is 30.6 Å². The average Bonchev–Trinajstić information content (AvgIpc) is 2.45. The second-order valence-corrected chi connectivity index (χ2v) is 5.42. The molecule has 0 radical (unpaired) electrons. The van der Waals surface area contributed by atoms with Crippen molar-refractivity contribution in [3.05, 3.63) is 30.3 Å². The molecule has 1 atom stereocenters. The first-order chi connectivity index (χ1) is 9.15. The first-order valence-corrected chi connectivity index (χ1v) is 7.83. The zero-order valence-corrected chi connectivity index (χ0v) is 12.5. The second kappa shape index (κ2) is 8.82. The van der Waals surface area contributed by atoms with Gasteiger partial charge in [0.2, 0.25) is 5.91 Å². The molecule has 4 nitrogen and oxygen atoms in total. The molecule has 0 heterocycles. The van der Waals surface area contributed by atoms with E-state index in [0.717, 1.165) is 24.4 Å². The number of thioether (sulfide) groups is 1. The van der Waals surface area contributed by atoms with Crippen molar-refractivity contribution in [2.75, 3.05) is 37.0 Å². The first kappa shape index (κ1) is 15.9. The van der Waals surface area contributed by atoms with Crippen molar-refractivity contribution in [2.45, 2.75) is 12.5 Å². The van der Waals surface area contributed by atoms with Gasteiger partial charge in [0.05, 0.1) is 6.04 Å². The molecule has 0 aromatic heterocycles. The minimum absolute atomic E-state index is 0.0597. The van der Waals surface area contributed by atoms with Crippen LogP contribution < -0.4 is 16.0 Å². The Kier molecular flexibility index (Phi) is 7.36. The number of nitrogens with one attached hydrogen (secondary N) is 1. The predicted octanol–water partition coefficient (Wildman–Crippen LogP) is 1.32. The van der Waals surface area contributed by atoms with Crippen LogP contribution in [0.15, 0.2) is 30.3 Å². The summed E-state index contributed by atoms with van der Waals surface area (Å²) < 4.78 is 0. The van der Waals surface area contributed by atoms with Crippen LogP contribution in [0.25, 0.3) is 0 Å². The van der Waals surface area contributed by atoms with E-state index < -0.39 is 6.04 Å². The highest BCUT2D eigenvalue weighted by Crippen LogP contribution is 2.09. The van der Waals surface area contributed by atoms with Crippen LogP contribution in [-0.4, -0.2) is 44.1 Å². The van der Waals surface area contributed by atoms with E-state index in [1.807, 2.05) is 43.6 Å². The lowest BCUT2D eigenvalue weighted by Crippen LogP contribution is -2.43. The Labute approximate surface area is 119 Å². The molecule has 0 unspecified atom stereocenters. The topological polar surface area (TPSA) is 58.4 Å². The van der Waals surface area contributed by atoms with E-state index in [1.54, 1.807) is 11.8 Å². The molecular formula is C14H23N3OS. The van der Waals surface area contributed by atoms with Gasteiger partial charge in [0.25, 0.3) is 0 Å². The molecule has 106 valence electrons. The molecule has 1 aromatic carbocycles. The number of nitrogens with two attached hydrogens (primary N) is 1. The summed E-state index contributed by atoms with van der Waals surface area (Å²) in [5.41, 5.74) is 6.93. The molecule has 1 aromatic rings. The highest BCUT2D eigenvalue weighted by Gasteiger charge is 2.12. The summed E-state index contributed by atoms with van der Waals surface area (Å²) in [6.07, 6.45) is 2.74. The summed E-state index contributed by atoms with van der Waals surface area (Å²) in [6.45, 7) is 1.38. The van der Waals surface area contributed by atoms with E-state index in [4.69, 9.17) is 5.73 Å². The fourth-order valence-corrected chi connectivity index (χ4v) is 2.16. The molecular weight excluding hydrogens is 258 g/mol. The quantitative estimate of drug-likeness (QED) is 0.754. The fourth-order valence-electron chi connectivity index (χ4n) is 1.67. The lowest BCUT2D eigenvalue weighted by atomic mass is 10.2. The van der Waals surface area contributed by atoms with Gasteiger partial charge in [-0.3, -0.25) is 4.79 Å². The van der Waals surface area contributed by atoms with Crippen molar-refractivity contribution in [3.63, 3.8) is 0 Å². The van der Waals surface area contributed by atoms with E-state index in [1.165, 1.54) is 0 Å². The number of rotatable bonds is 8. The van der Waals surface area contributed by atoms with Gasteiger partial charge in [-0.1, -0.05) is 18.2 Å². The number of amides is 1. The van der Waals surface area contributed by atoms with Crippen molar-refractivity contribution in [1.82, 2.24) is 5.32 Å². The number of anilines is 1. The van der Waals surface area contributed by atoms with Crippen LogP contribution in [-0.2, 0) is 4.79 Å². The van der Waals surface area contributed by atoms with Gasteiger partial charge >= 0.3 is 0 Å². The van der Waals surface area contributed by atoms with E-state index >= 15 is 0 Å². The van der Waals surface area contributed by atoms with Gasteiger partial charge in [0, 0.05) is 25.8 Å². The van der Waals surface area contributed by atoms with Gasteiger partial charge in [-0.15, -0.1) is 0 Å². The predicted molar refractivity (Wildman–Crippen MR) is 83.7 cm³/mol. The van der Waals surface area contributed by atoms with Crippen molar-refractivity contribution < 1.29 is 4.79 Å². The lowest BCUT2D eigenvalue weighted by Gasteiger charge is -2.20. The molecule has 0 saturated heterocycles. The highest BCUT2D eigenvalue weighted by atomic mass is 32.2. The van der Waals surface area contributed by atoms with Crippen LogP contribution in [0.4, 0.5) is 5.69 Å². The van der Waals surface area contributed by atoms with E-state index in [2.05, 4.69) is 10.2 Å². The van der Waals surface area contributed by atoms with Crippen LogP contribution >= 0.6 is 11.8 Å². The zero-order valence-electron chi connectivity index (χ0n) is 11.6. The molecule has 0 fully saturated rings. The maximum atomic E-state index is 11.7. The largest absolute Gasteiger partial charge is 0.373 e. The molecule has 3 N–H and O–H groups in total. The first-order valence-electron chi connectivity index (χ1n) is 6.43. The van der Waals surface area contributed by atoms with Crippen LogP contribution in [0.2, 0.25) is 0 Å². The minimum atomic E-state index is -0.394. The van der Waals surface area contributed by atoms with Gasteiger partial charge in [-0.2, -0.15) is 11.8 Å². The molecule has 0 aliphatic heterocycles. The van der Waals surface area contributed by atoms with Crippen molar-refractivity contribution in [2.24, 2.45) is 5.73 Å². The molecule has 0 aliphatic rings. The lowest BCUT2D eigenvalue weighted by molar-refractivity contribution is -0.122. The van der Waals surface area contributed by atoms with Gasteiger partial charge in [0.1, 0.15) is 0 Å². The summed E-state index contributed by atoms with van der Waals surface area (Å²) in [7, 11) is 2.01. The van der Waals surface area contributed by atoms with Gasteiger partial charge < -0.3 is 16.0 Å². The molecule has 0 saturated carbocycles. The number of nitrogens with zero attached hydrogens (tertiary/aromatic N) is 1. The van der Waals surface area contributed by atoms with E-state index in [-0.39, 0.29) is 5.91 Å². The number of likely N-dealkylation sites (N-methyl/N-ethyl adjacent to an activating group) is 1. The molecule has 19 heavy (non-hydrogen) atoms. The standard InChI is InChI=1S/C14H23N3OS/c1-17(12-6-4-3-5-7-12)10-9-16-14(18)13(15)8-11-19-2/h3-7,13H,8-11,15H2,1-2H3,(H,16,18)/t13-/m1/s1. The highest BCUT2D eigenvalue weighted by molar-refractivity contribution is 7.98. The number of carbonyl (C=O) groups is 1. The maximum absolute atomic E-state index is 11.7. The monoisotopic (exact) mass is 281 g/mol. The Morgan fingerprint density at radius 2 is 2.11 bits per heavy atom. The van der Waals surface area contributed by atoms with Crippen LogP contribution in [0.5, 0.6) is 0 Å². The average molecular weight is 281 g/mol. The number of carbonyl (C=O) groups excluding carboxylic acids is 1. The SMILES string of the molecule is CSCC[C@@H](N)C(=O)NCCN(C)c1ccccc1. The minimum Gasteiger partial charge on any atom is -0.373 e. The third-order valence-electron chi connectivity index (χ3n) is 2.91. The summed E-state index contributed by atoms with van der Waals surface area (Å²) in [4.78, 5) is 13.8. The Bertz CT molecular complexity index is 372. The number of para-hydroxylation sites is 1. The molecule has 0 spiro atoms. The maximum Gasteiger partial charge on any atom is 0.237 e. The van der Waals surface area contributed by atoms with E-state index in [9.17, 15) is 4.79 Å². The Morgan fingerprint density at radius 3 is 2.74 bits per heavy atom. The number of benzene rings is 1. The Balaban J connectivity index is 2.24. The molecule has 1 rings (SSSR count). The fraction of sp³-hybridized carbons (Fsp3) is 0.500. The van der Waals surface area contributed by atoms with E-state index in [0.29, 0.717) is 6.54 Å². The van der Waals surface area contributed by atoms with Gasteiger partial charge in [-0.25, -0.2) is 0 Å². The molecule has 0 bridgehead atoms. The Hall–Kier alpha value is -1.20. The summed E-state index contributed by atoms with van der Waals surface area (Å²) in [6, 6.07) is 9.70. The molecule has 1 amide bonds. The molecule has 0 aliphatic carbocycles. The van der Waals surface area contributed by atoms with Crippen LogP contribution in [0, 0.1) is 0 Å².